The number of ether oxygens (including phenoxy) is 1. The van der Waals surface area contributed by atoms with E-state index in [0.717, 1.165) is 24.7 Å². The molecule has 0 aliphatic rings. The molecule has 0 fully saturated rings. The van der Waals surface area contributed by atoms with E-state index in [0.29, 0.717) is 11.0 Å². The summed E-state index contributed by atoms with van der Waals surface area (Å²) in [6.07, 6.45) is 3.94. The number of benzene rings is 1. The normalized spacial score (nSPS) is 10.7. The first kappa shape index (κ1) is 15.8. The van der Waals surface area contributed by atoms with Crippen molar-refractivity contribution in [2.24, 2.45) is 0 Å². The lowest BCUT2D eigenvalue weighted by Gasteiger charge is -2.07. The molecule has 0 unspecified atom stereocenters. The van der Waals surface area contributed by atoms with E-state index in [1.54, 1.807) is 0 Å². The van der Waals surface area contributed by atoms with Crippen molar-refractivity contribution < 1.29 is 13.5 Å². The van der Waals surface area contributed by atoms with Gasteiger partial charge in [-0.2, -0.15) is 4.39 Å². The van der Waals surface area contributed by atoms with Gasteiger partial charge in [0.1, 0.15) is 0 Å². The van der Waals surface area contributed by atoms with Crippen molar-refractivity contribution in [3.63, 3.8) is 0 Å². The van der Waals surface area contributed by atoms with Crippen molar-refractivity contribution in [2.45, 2.75) is 19.9 Å². The standard InChI is InChI=1S/C14H14BrF2N3O/c1-2-3-18-6-10-7-20-13(8-19-10)21-12-5-9(15)4-11(16)14(12)17/h4-5,7-8,18H,2-3,6H2,1H3. The summed E-state index contributed by atoms with van der Waals surface area (Å²) in [6, 6.07) is 2.35. The Balaban J connectivity index is 2.07. The van der Waals surface area contributed by atoms with Gasteiger partial charge >= 0.3 is 0 Å². The SMILES string of the molecule is CCCNCc1cnc(Oc2cc(Br)cc(F)c2F)cn1. The molecule has 0 saturated carbocycles. The molecule has 2 rings (SSSR count). The fourth-order valence-electron chi connectivity index (χ4n) is 1.60. The van der Waals surface area contributed by atoms with Crippen molar-refractivity contribution in [1.82, 2.24) is 15.3 Å². The lowest BCUT2D eigenvalue weighted by atomic mass is 10.3. The number of aromatic nitrogens is 2. The first-order valence-electron chi connectivity index (χ1n) is 6.44. The molecule has 1 heterocycles. The summed E-state index contributed by atoms with van der Waals surface area (Å²) in [5.74, 6) is -2.19. The largest absolute Gasteiger partial charge is 0.434 e. The molecule has 1 N–H and O–H groups in total. The third kappa shape index (κ3) is 4.44. The van der Waals surface area contributed by atoms with E-state index in [2.05, 4.69) is 38.1 Å². The molecule has 1 aromatic carbocycles. The van der Waals surface area contributed by atoms with Crippen molar-refractivity contribution in [2.75, 3.05) is 6.54 Å². The van der Waals surface area contributed by atoms with Gasteiger partial charge in [-0.05, 0) is 25.1 Å². The summed E-state index contributed by atoms with van der Waals surface area (Å²) in [5, 5.41) is 3.19. The number of nitrogens with one attached hydrogen (secondary N) is 1. The van der Waals surface area contributed by atoms with Gasteiger partial charge in [0.15, 0.2) is 11.6 Å². The first-order valence-corrected chi connectivity index (χ1v) is 7.23. The molecular weight excluding hydrogens is 344 g/mol. The Morgan fingerprint density at radius 2 is 2.05 bits per heavy atom. The molecule has 2 aromatic rings. The second-order valence-electron chi connectivity index (χ2n) is 4.32. The van der Waals surface area contributed by atoms with Crippen molar-refractivity contribution >= 4 is 15.9 Å². The Kier molecular flexibility index (Phi) is 5.58. The Bertz CT molecular complexity index is 608. The smallest absolute Gasteiger partial charge is 0.237 e. The van der Waals surface area contributed by atoms with Gasteiger partial charge in [0, 0.05) is 11.0 Å². The highest BCUT2D eigenvalue weighted by Crippen LogP contribution is 2.28. The van der Waals surface area contributed by atoms with Crippen molar-refractivity contribution in [1.29, 1.82) is 0 Å². The van der Waals surface area contributed by atoms with Crippen LogP contribution in [0.4, 0.5) is 8.78 Å². The van der Waals surface area contributed by atoms with E-state index in [4.69, 9.17) is 4.74 Å². The van der Waals surface area contributed by atoms with Crippen LogP contribution < -0.4 is 10.1 Å². The average molecular weight is 358 g/mol. The number of halogens is 3. The van der Waals surface area contributed by atoms with Gasteiger partial charge in [0.05, 0.1) is 18.1 Å². The van der Waals surface area contributed by atoms with Crippen LogP contribution in [0.25, 0.3) is 0 Å². The molecule has 0 radical (unpaired) electrons. The third-order valence-electron chi connectivity index (χ3n) is 2.59. The maximum absolute atomic E-state index is 13.6. The van der Waals surface area contributed by atoms with Crippen molar-refractivity contribution in [3.05, 3.63) is 46.3 Å². The summed E-state index contributed by atoms with van der Waals surface area (Å²) in [7, 11) is 0. The van der Waals surface area contributed by atoms with Crippen LogP contribution in [0.5, 0.6) is 11.6 Å². The molecule has 0 atom stereocenters. The monoisotopic (exact) mass is 357 g/mol. The van der Waals surface area contributed by atoms with E-state index in [1.807, 2.05) is 0 Å². The van der Waals surface area contributed by atoms with Crippen LogP contribution >= 0.6 is 15.9 Å². The maximum Gasteiger partial charge on any atom is 0.237 e. The van der Waals surface area contributed by atoms with Gasteiger partial charge in [-0.1, -0.05) is 22.9 Å². The third-order valence-corrected chi connectivity index (χ3v) is 3.05. The van der Waals surface area contributed by atoms with E-state index in [9.17, 15) is 8.78 Å². The molecule has 0 spiro atoms. The molecule has 0 saturated heterocycles. The lowest BCUT2D eigenvalue weighted by molar-refractivity contribution is 0.403. The zero-order chi connectivity index (χ0) is 15.2. The number of nitrogens with zero attached hydrogens (tertiary/aromatic N) is 2. The Hall–Kier alpha value is -1.60. The quantitative estimate of drug-likeness (QED) is 0.630. The Labute approximate surface area is 129 Å². The molecule has 0 amide bonds. The van der Waals surface area contributed by atoms with Crippen LogP contribution in [0, 0.1) is 11.6 Å². The van der Waals surface area contributed by atoms with Crippen LogP contribution in [0.3, 0.4) is 0 Å². The molecule has 4 nitrogen and oxygen atoms in total. The zero-order valence-corrected chi connectivity index (χ0v) is 13.0. The van der Waals surface area contributed by atoms with Gasteiger partial charge in [-0.25, -0.2) is 9.37 Å². The van der Waals surface area contributed by atoms with Crippen LogP contribution in [0.1, 0.15) is 19.0 Å². The molecule has 112 valence electrons. The molecular formula is C14H14BrF2N3O. The number of hydrogen-bond acceptors (Lipinski definition) is 4. The molecule has 0 aliphatic carbocycles. The predicted octanol–water partition coefficient (Wildman–Crippen LogP) is 3.81. The van der Waals surface area contributed by atoms with E-state index < -0.39 is 11.6 Å². The van der Waals surface area contributed by atoms with Gasteiger partial charge in [-0.15, -0.1) is 0 Å². The summed E-state index contributed by atoms with van der Waals surface area (Å²) < 4.78 is 32.4. The highest BCUT2D eigenvalue weighted by atomic mass is 79.9. The summed E-state index contributed by atoms with van der Waals surface area (Å²) in [6.45, 7) is 3.56. The van der Waals surface area contributed by atoms with E-state index in [-0.39, 0.29) is 11.6 Å². The summed E-state index contributed by atoms with van der Waals surface area (Å²) in [5.41, 5.74) is 0.747. The second kappa shape index (κ2) is 7.42. The second-order valence-corrected chi connectivity index (χ2v) is 5.24. The number of hydrogen-bond donors (Lipinski definition) is 1. The average Bonchev–Trinajstić information content (AvgIpc) is 2.46. The molecule has 21 heavy (non-hydrogen) atoms. The maximum atomic E-state index is 13.6. The fourth-order valence-corrected chi connectivity index (χ4v) is 2.01. The van der Waals surface area contributed by atoms with Crippen molar-refractivity contribution in [3.8, 4) is 11.6 Å². The van der Waals surface area contributed by atoms with E-state index >= 15 is 0 Å². The summed E-state index contributed by atoms with van der Waals surface area (Å²) in [4.78, 5) is 8.17. The summed E-state index contributed by atoms with van der Waals surface area (Å²) >= 11 is 3.08. The molecule has 1 aromatic heterocycles. The lowest BCUT2D eigenvalue weighted by Crippen LogP contribution is -2.14. The number of rotatable bonds is 6. The topological polar surface area (TPSA) is 47.0 Å². The van der Waals surface area contributed by atoms with Crippen LogP contribution in [0.2, 0.25) is 0 Å². The molecule has 0 aliphatic heterocycles. The highest BCUT2D eigenvalue weighted by Gasteiger charge is 2.13. The van der Waals surface area contributed by atoms with Gasteiger partial charge in [0.25, 0.3) is 0 Å². The van der Waals surface area contributed by atoms with Crippen LogP contribution in [-0.2, 0) is 6.54 Å². The minimum absolute atomic E-state index is 0.102. The Morgan fingerprint density at radius 1 is 1.24 bits per heavy atom. The predicted molar refractivity (Wildman–Crippen MR) is 78.2 cm³/mol. The Morgan fingerprint density at radius 3 is 2.71 bits per heavy atom. The van der Waals surface area contributed by atoms with Crippen LogP contribution in [0.15, 0.2) is 29.0 Å². The first-order chi connectivity index (χ1) is 10.1. The molecule has 0 bridgehead atoms. The highest BCUT2D eigenvalue weighted by molar-refractivity contribution is 9.10. The zero-order valence-electron chi connectivity index (χ0n) is 11.4. The van der Waals surface area contributed by atoms with Gasteiger partial charge < -0.3 is 10.1 Å². The van der Waals surface area contributed by atoms with Gasteiger partial charge in [0.2, 0.25) is 11.7 Å². The van der Waals surface area contributed by atoms with E-state index in [1.165, 1.54) is 18.5 Å². The minimum atomic E-state index is -1.06. The minimum Gasteiger partial charge on any atom is -0.434 e. The van der Waals surface area contributed by atoms with Gasteiger partial charge in [-0.3, -0.25) is 4.98 Å². The fraction of sp³-hybridized carbons (Fsp3) is 0.286. The molecule has 7 heteroatoms. The van der Waals surface area contributed by atoms with Crippen LogP contribution in [-0.4, -0.2) is 16.5 Å².